The molecule has 0 radical (unpaired) electrons. The number of nitrogens with two attached hydrogens (primary N) is 1. The molecule has 2 heterocycles. The van der Waals surface area contributed by atoms with E-state index < -0.39 is 0 Å². The average molecular weight is 317 g/mol. The number of aromatic nitrogens is 2. The van der Waals surface area contributed by atoms with Crippen LogP contribution in [0.2, 0.25) is 0 Å². The van der Waals surface area contributed by atoms with Gasteiger partial charge in [-0.2, -0.15) is 5.10 Å². The summed E-state index contributed by atoms with van der Waals surface area (Å²) >= 11 is 4.63. The van der Waals surface area contributed by atoms with Crippen LogP contribution in [0.15, 0.2) is 77.7 Å². The maximum atomic E-state index is 5.98. The summed E-state index contributed by atoms with van der Waals surface area (Å²) in [7, 11) is 0. The highest BCUT2D eigenvalue weighted by Crippen LogP contribution is 2.31. The van der Waals surface area contributed by atoms with E-state index in [1.54, 1.807) is 4.52 Å². The molecule has 2 aromatic carbocycles. The molecular weight excluding hydrogens is 302 g/mol. The molecule has 0 unspecified atom stereocenters. The number of nitrogens with zero attached hydrogens (tertiary/aromatic N) is 2. The number of hydrogen-bond donors (Lipinski definition) is 2. The number of hydrogen-bond acceptors (Lipinski definition) is 3. The van der Waals surface area contributed by atoms with Crippen molar-refractivity contribution < 1.29 is 0 Å². The van der Waals surface area contributed by atoms with Gasteiger partial charge in [0.25, 0.3) is 0 Å². The van der Waals surface area contributed by atoms with Gasteiger partial charge in [0, 0.05) is 5.56 Å². The fourth-order valence-electron chi connectivity index (χ4n) is 2.72. The second kappa shape index (κ2) is 5.48. The van der Waals surface area contributed by atoms with Crippen LogP contribution < -0.4 is 5.73 Å². The molecule has 112 valence electrons. The highest BCUT2D eigenvalue weighted by molar-refractivity contribution is 7.80. The van der Waals surface area contributed by atoms with Crippen molar-refractivity contribution in [3.63, 3.8) is 0 Å². The van der Waals surface area contributed by atoms with Gasteiger partial charge in [-0.15, -0.1) is 12.6 Å². The van der Waals surface area contributed by atoms with Crippen LogP contribution in [0.4, 0.5) is 5.82 Å². The standard InChI is InChI=1S/C19H15N3S/c20-17-8-4-7-16-19(23)18(21-22(16)17)15-11-9-14(10-12-15)13-5-2-1-3-6-13/h1-12,23H,20H2. The van der Waals surface area contributed by atoms with Crippen LogP contribution >= 0.6 is 12.6 Å². The minimum atomic E-state index is 0.602. The van der Waals surface area contributed by atoms with Crippen LogP contribution in [0.1, 0.15) is 0 Å². The summed E-state index contributed by atoms with van der Waals surface area (Å²) in [6.45, 7) is 0. The maximum absolute atomic E-state index is 5.98. The van der Waals surface area contributed by atoms with Crippen LogP contribution in [0.5, 0.6) is 0 Å². The van der Waals surface area contributed by atoms with Gasteiger partial charge in [0.15, 0.2) is 0 Å². The summed E-state index contributed by atoms with van der Waals surface area (Å²) in [5, 5.41) is 4.60. The number of fused-ring (bicyclic) bond motifs is 1. The Morgan fingerprint density at radius 3 is 2.09 bits per heavy atom. The molecule has 0 amide bonds. The number of nitrogen functional groups attached to an aromatic ring is 1. The Labute approximate surface area is 139 Å². The van der Waals surface area contributed by atoms with Crippen LogP contribution in [-0.2, 0) is 0 Å². The summed E-state index contributed by atoms with van der Waals surface area (Å²) in [6.07, 6.45) is 0. The molecule has 4 aromatic rings. The van der Waals surface area contributed by atoms with E-state index in [4.69, 9.17) is 5.73 Å². The van der Waals surface area contributed by atoms with E-state index in [1.165, 1.54) is 11.1 Å². The van der Waals surface area contributed by atoms with E-state index in [2.05, 4.69) is 54.1 Å². The lowest BCUT2D eigenvalue weighted by atomic mass is 10.0. The van der Waals surface area contributed by atoms with E-state index >= 15 is 0 Å². The lowest BCUT2D eigenvalue weighted by Gasteiger charge is -2.03. The molecule has 4 rings (SSSR count). The van der Waals surface area contributed by atoms with Crippen molar-refractivity contribution in [2.24, 2.45) is 0 Å². The fraction of sp³-hybridized carbons (Fsp3) is 0. The summed E-state index contributed by atoms with van der Waals surface area (Å²) < 4.78 is 1.72. The Bertz CT molecular complexity index is 973. The minimum absolute atomic E-state index is 0.602. The third-order valence-corrected chi connectivity index (χ3v) is 4.37. The lowest BCUT2D eigenvalue weighted by molar-refractivity contribution is 0.978. The Balaban J connectivity index is 1.80. The van der Waals surface area contributed by atoms with Crippen molar-refractivity contribution in [2.75, 3.05) is 5.73 Å². The smallest absolute Gasteiger partial charge is 0.125 e. The van der Waals surface area contributed by atoms with Crippen LogP contribution in [-0.4, -0.2) is 9.61 Å². The first-order chi connectivity index (χ1) is 11.2. The maximum Gasteiger partial charge on any atom is 0.125 e. The van der Waals surface area contributed by atoms with Gasteiger partial charge < -0.3 is 5.73 Å². The van der Waals surface area contributed by atoms with Gasteiger partial charge in [-0.05, 0) is 23.3 Å². The average Bonchev–Trinajstić information content (AvgIpc) is 2.94. The zero-order valence-electron chi connectivity index (χ0n) is 12.3. The molecule has 0 saturated heterocycles. The Morgan fingerprint density at radius 1 is 0.739 bits per heavy atom. The van der Waals surface area contributed by atoms with Crippen molar-refractivity contribution in [1.29, 1.82) is 0 Å². The number of benzene rings is 2. The molecule has 0 aliphatic rings. The molecule has 0 aliphatic heterocycles. The molecule has 23 heavy (non-hydrogen) atoms. The quantitative estimate of drug-likeness (QED) is 0.533. The van der Waals surface area contributed by atoms with Gasteiger partial charge in [-0.3, -0.25) is 0 Å². The Kier molecular flexibility index (Phi) is 3.32. The first-order valence-electron chi connectivity index (χ1n) is 7.36. The molecule has 0 atom stereocenters. The Morgan fingerprint density at radius 2 is 1.39 bits per heavy atom. The molecule has 0 bridgehead atoms. The van der Waals surface area contributed by atoms with Crippen LogP contribution in [0.3, 0.4) is 0 Å². The Hall–Kier alpha value is -2.72. The second-order valence-electron chi connectivity index (χ2n) is 5.39. The summed E-state index contributed by atoms with van der Waals surface area (Å²) in [5.41, 5.74) is 11.1. The first kappa shape index (κ1) is 13.9. The van der Waals surface area contributed by atoms with E-state index in [0.29, 0.717) is 5.82 Å². The summed E-state index contributed by atoms with van der Waals surface area (Å²) in [5.74, 6) is 0.602. The van der Waals surface area contributed by atoms with Gasteiger partial charge in [-0.1, -0.05) is 60.7 Å². The van der Waals surface area contributed by atoms with Crippen molar-refractivity contribution >= 4 is 24.0 Å². The molecule has 0 spiro atoms. The van der Waals surface area contributed by atoms with E-state index in [1.807, 2.05) is 36.4 Å². The van der Waals surface area contributed by atoms with Gasteiger partial charge in [0.05, 0.1) is 10.4 Å². The first-order valence-corrected chi connectivity index (χ1v) is 7.81. The SMILES string of the molecule is Nc1cccc2c(S)c(-c3ccc(-c4ccccc4)cc3)nn12. The minimum Gasteiger partial charge on any atom is -0.384 e. The molecule has 3 nitrogen and oxygen atoms in total. The predicted molar refractivity (Wildman–Crippen MR) is 97.7 cm³/mol. The molecular formula is C19H15N3S. The molecule has 4 heteroatoms. The molecule has 2 aromatic heterocycles. The molecule has 0 aliphatic carbocycles. The monoisotopic (exact) mass is 317 g/mol. The highest BCUT2D eigenvalue weighted by atomic mass is 32.1. The zero-order chi connectivity index (χ0) is 15.8. The van der Waals surface area contributed by atoms with E-state index in [0.717, 1.165) is 21.7 Å². The summed E-state index contributed by atoms with van der Waals surface area (Å²) in [6, 6.07) is 24.4. The number of anilines is 1. The number of rotatable bonds is 2. The topological polar surface area (TPSA) is 43.3 Å². The normalized spacial score (nSPS) is 11.0. The van der Waals surface area contributed by atoms with E-state index in [-0.39, 0.29) is 0 Å². The van der Waals surface area contributed by atoms with Crippen molar-refractivity contribution in [3.8, 4) is 22.4 Å². The van der Waals surface area contributed by atoms with Crippen molar-refractivity contribution in [2.45, 2.75) is 4.90 Å². The molecule has 0 saturated carbocycles. The molecule has 2 N–H and O–H groups in total. The van der Waals surface area contributed by atoms with Crippen molar-refractivity contribution in [3.05, 3.63) is 72.8 Å². The largest absolute Gasteiger partial charge is 0.384 e. The lowest BCUT2D eigenvalue weighted by Crippen LogP contribution is -1.97. The summed E-state index contributed by atoms with van der Waals surface area (Å²) in [4.78, 5) is 0.838. The third kappa shape index (κ3) is 2.37. The van der Waals surface area contributed by atoms with Gasteiger partial charge >= 0.3 is 0 Å². The number of pyridine rings is 1. The molecule has 0 fully saturated rings. The van der Waals surface area contributed by atoms with E-state index in [9.17, 15) is 0 Å². The highest BCUT2D eigenvalue weighted by Gasteiger charge is 2.12. The van der Waals surface area contributed by atoms with Gasteiger partial charge in [0.1, 0.15) is 11.5 Å². The van der Waals surface area contributed by atoms with Crippen LogP contribution in [0.25, 0.3) is 27.9 Å². The number of thiol groups is 1. The van der Waals surface area contributed by atoms with Gasteiger partial charge in [0.2, 0.25) is 0 Å². The zero-order valence-corrected chi connectivity index (χ0v) is 13.2. The predicted octanol–water partition coefficient (Wildman–Crippen LogP) is 4.54. The fourth-order valence-corrected chi connectivity index (χ4v) is 3.07. The van der Waals surface area contributed by atoms with Crippen molar-refractivity contribution in [1.82, 2.24) is 9.61 Å². The second-order valence-corrected chi connectivity index (χ2v) is 5.84. The third-order valence-electron chi connectivity index (χ3n) is 3.93. The van der Waals surface area contributed by atoms with Gasteiger partial charge in [-0.25, -0.2) is 4.52 Å². The van der Waals surface area contributed by atoms with Crippen LogP contribution in [0, 0.1) is 0 Å².